The molecule has 1 heterocycles. The van der Waals surface area contributed by atoms with E-state index in [2.05, 4.69) is 15.9 Å². The summed E-state index contributed by atoms with van der Waals surface area (Å²) < 4.78 is 14.3. The lowest BCUT2D eigenvalue weighted by molar-refractivity contribution is 0.490. The van der Waals surface area contributed by atoms with Gasteiger partial charge in [0.2, 0.25) is 0 Å². The van der Waals surface area contributed by atoms with Crippen LogP contribution < -0.4 is 5.73 Å². The molecule has 2 rings (SSSR count). The molecule has 0 saturated carbocycles. The van der Waals surface area contributed by atoms with Crippen LogP contribution in [-0.4, -0.2) is 0 Å². The smallest absolute Gasteiger partial charge is 0.123 e. The Bertz CT molecular complexity index is 522. The predicted octanol–water partition coefficient (Wildman–Crippen LogP) is 4.07. The van der Waals surface area contributed by atoms with Crippen molar-refractivity contribution in [3.05, 3.63) is 56.4 Å². The lowest BCUT2D eigenvalue weighted by atomic mass is 9.89. The number of benzene rings is 1. The number of hydrogen-bond acceptors (Lipinski definition) is 2. The van der Waals surface area contributed by atoms with Crippen LogP contribution in [0.4, 0.5) is 4.39 Å². The third-order valence-electron chi connectivity index (χ3n) is 2.65. The molecule has 0 bridgehead atoms. The Morgan fingerprint density at radius 1 is 1.35 bits per heavy atom. The van der Waals surface area contributed by atoms with E-state index in [9.17, 15) is 4.39 Å². The molecule has 0 spiro atoms. The maximum atomic E-state index is 13.2. The van der Waals surface area contributed by atoms with E-state index in [0.717, 1.165) is 9.35 Å². The van der Waals surface area contributed by atoms with Gasteiger partial charge in [-0.15, -0.1) is 11.3 Å². The molecule has 0 radical (unpaired) electrons. The van der Waals surface area contributed by atoms with E-state index in [-0.39, 0.29) is 5.82 Å². The van der Waals surface area contributed by atoms with Gasteiger partial charge in [-0.25, -0.2) is 4.39 Å². The van der Waals surface area contributed by atoms with Gasteiger partial charge in [-0.05, 0) is 52.7 Å². The molecule has 2 N–H and O–H groups in total. The van der Waals surface area contributed by atoms with Gasteiger partial charge in [0.25, 0.3) is 0 Å². The van der Waals surface area contributed by atoms with Crippen LogP contribution in [0.15, 0.2) is 40.2 Å². The van der Waals surface area contributed by atoms with E-state index in [1.54, 1.807) is 17.4 Å². The van der Waals surface area contributed by atoms with Gasteiger partial charge in [0.05, 0.1) is 3.79 Å². The molecule has 1 nitrogen and oxygen atoms in total. The molecular weight excluding hydrogens is 301 g/mol. The molecule has 0 aliphatic carbocycles. The van der Waals surface area contributed by atoms with Crippen molar-refractivity contribution in [2.24, 2.45) is 5.73 Å². The Morgan fingerprint density at radius 2 is 2.12 bits per heavy atom. The SMILES string of the molecule is CC(N)(Cc1ccc(Br)s1)c1cccc(F)c1. The van der Waals surface area contributed by atoms with Crippen LogP contribution in [0.25, 0.3) is 0 Å². The van der Waals surface area contributed by atoms with Crippen molar-refractivity contribution in [3.8, 4) is 0 Å². The third kappa shape index (κ3) is 3.15. The molecule has 0 amide bonds. The summed E-state index contributed by atoms with van der Waals surface area (Å²) in [5.74, 6) is -0.244. The fraction of sp³-hybridized carbons (Fsp3) is 0.231. The highest BCUT2D eigenvalue weighted by atomic mass is 79.9. The lowest BCUT2D eigenvalue weighted by Crippen LogP contribution is -2.35. The van der Waals surface area contributed by atoms with Crippen molar-refractivity contribution in [1.29, 1.82) is 0 Å². The van der Waals surface area contributed by atoms with Crippen LogP contribution in [-0.2, 0) is 12.0 Å². The molecule has 2 aromatic rings. The molecule has 17 heavy (non-hydrogen) atoms. The Morgan fingerprint density at radius 3 is 2.71 bits per heavy atom. The average molecular weight is 314 g/mol. The van der Waals surface area contributed by atoms with Crippen LogP contribution in [0.5, 0.6) is 0 Å². The Hall–Kier alpha value is -0.710. The number of halogens is 2. The zero-order valence-electron chi connectivity index (χ0n) is 9.41. The Labute approximate surface area is 113 Å². The second kappa shape index (κ2) is 4.88. The molecule has 0 aliphatic heterocycles. The molecule has 90 valence electrons. The van der Waals surface area contributed by atoms with E-state index in [4.69, 9.17) is 5.73 Å². The summed E-state index contributed by atoms with van der Waals surface area (Å²) in [5.41, 5.74) is 6.55. The van der Waals surface area contributed by atoms with E-state index >= 15 is 0 Å². The zero-order valence-corrected chi connectivity index (χ0v) is 11.8. The van der Waals surface area contributed by atoms with Gasteiger partial charge in [-0.3, -0.25) is 0 Å². The monoisotopic (exact) mass is 313 g/mol. The number of hydrogen-bond donors (Lipinski definition) is 1. The van der Waals surface area contributed by atoms with Gasteiger partial charge in [0.15, 0.2) is 0 Å². The lowest BCUT2D eigenvalue weighted by Gasteiger charge is -2.24. The topological polar surface area (TPSA) is 26.0 Å². The summed E-state index contributed by atoms with van der Waals surface area (Å²) in [7, 11) is 0. The molecule has 1 atom stereocenters. The fourth-order valence-electron chi connectivity index (χ4n) is 1.75. The maximum absolute atomic E-state index is 13.2. The highest BCUT2D eigenvalue weighted by Gasteiger charge is 2.22. The van der Waals surface area contributed by atoms with Crippen molar-refractivity contribution < 1.29 is 4.39 Å². The first-order valence-corrected chi connectivity index (χ1v) is 6.87. The van der Waals surface area contributed by atoms with Crippen molar-refractivity contribution in [2.45, 2.75) is 18.9 Å². The molecular formula is C13H13BrFNS. The summed E-state index contributed by atoms with van der Waals surface area (Å²) in [6.07, 6.45) is 0.701. The normalized spacial score (nSPS) is 14.6. The highest BCUT2D eigenvalue weighted by molar-refractivity contribution is 9.11. The van der Waals surface area contributed by atoms with Crippen LogP contribution in [0.1, 0.15) is 17.4 Å². The van der Waals surface area contributed by atoms with Gasteiger partial charge in [-0.2, -0.15) is 0 Å². The molecule has 0 saturated heterocycles. The van der Waals surface area contributed by atoms with Crippen LogP contribution in [0, 0.1) is 5.82 Å². The number of rotatable bonds is 3. The summed E-state index contributed by atoms with van der Waals surface area (Å²) >= 11 is 5.08. The number of thiophene rings is 1. The molecule has 1 aromatic carbocycles. The second-order valence-electron chi connectivity index (χ2n) is 4.31. The van der Waals surface area contributed by atoms with Gasteiger partial charge in [0, 0.05) is 16.8 Å². The molecule has 1 aromatic heterocycles. The first-order chi connectivity index (χ1) is 7.97. The van der Waals surface area contributed by atoms with Crippen molar-refractivity contribution >= 4 is 27.3 Å². The first-order valence-electron chi connectivity index (χ1n) is 5.26. The predicted molar refractivity (Wildman–Crippen MR) is 73.7 cm³/mol. The summed E-state index contributed by atoms with van der Waals surface area (Å²) in [4.78, 5) is 1.19. The van der Waals surface area contributed by atoms with Gasteiger partial charge in [0.1, 0.15) is 5.82 Å². The summed E-state index contributed by atoms with van der Waals surface area (Å²) in [5, 5.41) is 0. The maximum Gasteiger partial charge on any atom is 0.123 e. The van der Waals surface area contributed by atoms with Crippen LogP contribution in [0.2, 0.25) is 0 Å². The van der Waals surface area contributed by atoms with Crippen molar-refractivity contribution in [3.63, 3.8) is 0 Å². The molecule has 4 heteroatoms. The van der Waals surface area contributed by atoms with Crippen LogP contribution >= 0.6 is 27.3 Å². The highest BCUT2D eigenvalue weighted by Crippen LogP contribution is 2.29. The molecule has 0 fully saturated rings. The average Bonchev–Trinajstić information content (AvgIpc) is 2.63. The zero-order chi connectivity index (χ0) is 12.5. The summed E-state index contributed by atoms with van der Waals surface area (Å²) in [6.45, 7) is 1.93. The van der Waals surface area contributed by atoms with E-state index in [1.807, 2.05) is 25.1 Å². The minimum absolute atomic E-state index is 0.244. The van der Waals surface area contributed by atoms with E-state index in [1.165, 1.54) is 17.0 Å². The number of nitrogens with two attached hydrogens (primary N) is 1. The Balaban J connectivity index is 2.24. The van der Waals surface area contributed by atoms with Gasteiger partial charge in [-0.1, -0.05) is 12.1 Å². The van der Waals surface area contributed by atoms with Crippen molar-refractivity contribution in [1.82, 2.24) is 0 Å². The minimum atomic E-state index is -0.549. The van der Waals surface area contributed by atoms with Crippen LogP contribution in [0.3, 0.4) is 0 Å². The van der Waals surface area contributed by atoms with Crippen molar-refractivity contribution in [2.75, 3.05) is 0 Å². The quantitative estimate of drug-likeness (QED) is 0.908. The standard InChI is InChI=1S/C13H13BrFNS/c1-13(16,8-11-5-6-12(14)17-11)9-3-2-4-10(15)7-9/h2-7H,8,16H2,1H3. The van der Waals surface area contributed by atoms with E-state index in [0.29, 0.717) is 6.42 Å². The fourth-order valence-corrected chi connectivity index (χ4v) is 3.41. The van der Waals surface area contributed by atoms with Gasteiger partial charge >= 0.3 is 0 Å². The Kier molecular flexibility index (Phi) is 3.66. The van der Waals surface area contributed by atoms with E-state index < -0.39 is 5.54 Å². The molecule has 1 unspecified atom stereocenters. The summed E-state index contributed by atoms with van der Waals surface area (Å²) in [6, 6.07) is 10.5. The molecule has 0 aliphatic rings. The minimum Gasteiger partial charge on any atom is -0.321 e. The third-order valence-corrected chi connectivity index (χ3v) is 4.28. The first kappa shape index (κ1) is 12.7. The largest absolute Gasteiger partial charge is 0.321 e. The second-order valence-corrected chi connectivity index (χ2v) is 6.86. The van der Waals surface area contributed by atoms with Gasteiger partial charge < -0.3 is 5.73 Å².